The number of hydrogen-bond donors (Lipinski definition) is 1. The Kier molecular flexibility index (Phi) is 2.98. The lowest BCUT2D eigenvalue weighted by Crippen LogP contribution is -2.48. The molecule has 0 saturated heterocycles. The monoisotopic (exact) mass is 212 g/mol. The Hall–Kier alpha value is 0.160. The fraction of sp³-hybridized carbons (Fsp3) is 1.00. The molecule has 0 aromatic heterocycles. The molecular formula is C6H13ClN2O2S. The summed E-state index contributed by atoms with van der Waals surface area (Å²) in [6.45, 7) is 0. The number of rotatable bonds is 3. The Morgan fingerprint density at radius 3 is 2.25 bits per heavy atom. The Balaban J connectivity index is 2.42. The van der Waals surface area contributed by atoms with Gasteiger partial charge in [-0.1, -0.05) is 0 Å². The molecule has 1 rings (SSSR count). The molecule has 72 valence electrons. The molecule has 12 heavy (non-hydrogen) atoms. The molecule has 0 aliphatic heterocycles. The molecule has 0 aromatic carbocycles. The van der Waals surface area contributed by atoms with E-state index in [-0.39, 0.29) is 11.4 Å². The molecule has 0 unspecified atom stereocenters. The maximum atomic E-state index is 11.2. The van der Waals surface area contributed by atoms with Crippen LogP contribution in [0.3, 0.4) is 0 Å². The minimum Gasteiger partial charge on any atom is -0.199 e. The van der Waals surface area contributed by atoms with Crippen LogP contribution in [0, 0.1) is 0 Å². The predicted molar refractivity (Wildman–Crippen MR) is 48.4 cm³/mol. The van der Waals surface area contributed by atoms with Gasteiger partial charge < -0.3 is 0 Å². The van der Waals surface area contributed by atoms with Crippen molar-refractivity contribution in [1.82, 2.24) is 9.03 Å². The van der Waals surface area contributed by atoms with E-state index in [2.05, 4.69) is 4.72 Å². The van der Waals surface area contributed by atoms with E-state index in [1.54, 1.807) is 0 Å². The molecule has 0 heterocycles. The standard InChI is InChI=1S/C6H13ClN2O2S/c1-9(2)12(10,11)8-6-3-5(7)4-6/h5-6,8H,3-4H2,1-2H3. The average Bonchev–Trinajstić information content (AvgIpc) is 1.83. The number of halogens is 1. The van der Waals surface area contributed by atoms with E-state index in [9.17, 15) is 8.42 Å². The second kappa shape index (κ2) is 3.49. The Morgan fingerprint density at radius 1 is 1.42 bits per heavy atom. The lowest BCUT2D eigenvalue weighted by atomic mass is 9.94. The number of alkyl halides is 1. The van der Waals surface area contributed by atoms with Crippen LogP contribution in [0.5, 0.6) is 0 Å². The predicted octanol–water partition coefficient (Wildman–Crippen LogP) is 0.152. The highest BCUT2D eigenvalue weighted by atomic mass is 35.5. The SMILES string of the molecule is CN(C)S(=O)(=O)NC1CC(Cl)C1. The lowest BCUT2D eigenvalue weighted by Gasteiger charge is -2.32. The average molecular weight is 213 g/mol. The quantitative estimate of drug-likeness (QED) is 0.678. The number of nitrogens with one attached hydrogen (secondary N) is 1. The fourth-order valence-electron chi connectivity index (χ4n) is 0.961. The van der Waals surface area contributed by atoms with Crippen LogP contribution in [0.1, 0.15) is 12.8 Å². The summed E-state index contributed by atoms with van der Waals surface area (Å²) in [6, 6.07) is 0.0277. The molecule has 1 saturated carbocycles. The highest BCUT2D eigenvalue weighted by Crippen LogP contribution is 2.25. The van der Waals surface area contributed by atoms with Gasteiger partial charge >= 0.3 is 0 Å². The van der Waals surface area contributed by atoms with Gasteiger partial charge in [0.05, 0.1) is 0 Å². The van der Waals surface area contributed by atoms with Gasteiger partial charge in [0.2, 0.25) is 0 Å². The zero-order valence-electron chi connectivity index (χ0n) is 7.12. The molecule has 0 spiro atoms. The first kappa shape index (κ1) is 10.2. The van der Waals surface area contributed by atoms with Gasteiger partial charge in [0, 0.05) is 25.5 Å². The van der Waals surface area contributed by atoms with Crippen molar-refractivity contribution in [2.75, 3.05) is 14.1 Å². The lowest BCUT2D eigenvalue weighted by molar-refractivity contribution is 0.380. The van der Waals surface area contributed by atoms with Crippen molar-refractivity contribution in [2.45, 2.75) is 24.3 Å². The number of nitrogens with zero attached hydrogens (tertiary/aromatic N) is 1. The third-order valence-corrected chi connectivity index (χ3v) is 3.83. The second-order valence-electron chi connectivity index (χ2n) is 3.17. The smallest absolute Gasteiger partial charge is 0.199 e. The van der Waals surface area contributed by atoms with Gasteiger partial charge in [-0.05, 0) is 12.8 Å². The maximum absolute atomic E-state index is 11.2. The zero-order chi connectivity index (χ0) is 9.35. The summed E-state index contributed by atoms with van der Waals surface area (Å²) in [6.07, 6.45) is 1.46. The van der Waals surface area contributed by atoms with E-state index in [0.717, 1.165) is 17.1 Å². The first-order valence-corrected chi connectivity index (χ1v) is 5.63. The summed E-state index contributed by atoms with van der Waals surface area (Å²) >= 11 is 5.70. The van der Waals surface area contributed by atoms with Gasteiger partial charge in [-0.15, -0.1) is 11.6 Å². The molecule has 0 amide bonds. The third kappa shape index (κ3) is 2.32. The highest BCUT2D eigenvalue weighted by Gasteiger charge is 2.31. The molecule has 0 aromatic rings. The second-order valence-corrected chi connectivity index (χ2v) is 5.70. The van der Waals surface area contributed by atoms with Crippen LogP contribution in [0.4, 0.5) is 0 Å². The van der Waals surface area contributed by atoms with Crippen LogP contribution < -0.4 is 4.72 Å². The Bertz CT molecular complexity index is 246. The first-order chi connectivity index (χ1) is 5.42. The van der Waals surface area contributed by atoms with Crippen molar-refractivity contribution < 1.29 is 8.42 Å². The Morgan fingerprint density at radius 2 is 1.92 bits per heavy atom. The van der Waals surface area contributed by atoms with Crippen molar-refractivity contribution in [3.05, 3.63) is 0 Å². The van der Waals surface area contributed by atoms with Gasteiger partial charge in [-0.2, -0.15) is 17.4 Å². The molecule has 4 nitrogen and oxygen atoms in total. The molecule has 1 fully saturated rings. The van der Waals surface area contributed by atoms with Crippen LogP contribution in [0.15, 0.2) is 0 Å². The van der Waals surface area contributed by atoms with Crippen molar-refractivity contribution in [2.24, 2.45) is 0 Å². The zero-order valence-corrected chi connectivity index (χ0v) is 8.69. The van der Waals surface area contributed by atoms with E-state index in [0.29, 0.717) is 0 Å². The third-order valence-electron chi connectivity index (χ3n) is 1.88. The van der Waals surface area contributed by atoms with Crippen LogP contribution in [0.2, 0.25) is 0 Å². The van der Waals surface area contributed by atoms with E-state index < -0.39 is 10.2 Å². The summed E-state index contributed by atoms with van der Waals surface area (Å²) in [4.78, 5) is 0. The molecule has 0 atom stereocenters. The van der Waals surface area contributed by atoms with Gasteiger partial charge in [0.15, 0.2) is 0 Å². The van der Waals surface area contributed by atoms with Crippen LogP contribution >= 0.6 is 11.6 Å². The first-order valence-electron chi connectivity index (χ1n) is 3.75. The topological polar surface area (TPSA) is 49.4 Å². The number of hydrogen-bond acceptors (Lipinski definition) is 2. The van der Waals surface area contributed by atoms with Gasteiger partial charge in [0.25, 0.3) is 10.2 Å². The summed E-state index contributed by atoms with van der Waals surface area (Å²) in [5.41, 5.74) is 0. The van der Waals surface area contributed by atoms with Gasteiger partial charge in [0.1, 0.15) is 0 Å². The molecule has 0 bridgehead atoms. The molecule has 6 heteroatoms. The van der Waals surface area contributed by atoms with Crippen LogP contribution in [-0.4, -0.2) is 38.2 Å². The van der Waals surface area contributed by atoms with Crippen LogP contribution in [0.25, 0.3) is 0 Å². The summed E-state index contributed by atoms with van der Waals surface area (Å²) in [7, 11) is -0.259. The maximum Gasteiger partial charge on any atom is 0.279 e. The highest BCUT2D eigenvalue weighted by molar-refractivity contribution is 7.87. The normalized spacial score (nSPS) is 30.3. The molecule has 1 aliphatic carbocycles. The minimum absolute atomic E-state index is 0.0277. The summed E-state index contributed by atoms with van der Waals surface area (Å²) in [5.74, 6) is 0. The fourth-order valence-corrected chi connectivity index (χ4v) is 2.22. The van der Waals surface area contributed by atoms with E-state index in [1.165, 1.54) is 14.1 Å². The largest absolute Gasteiger partial charge is 0.279 e. The molecular weight excluding hydrogens is 200 g/mol. The van der Waals surface area contributed by atoms with E-state index in [4.69, 9.17) is 11.6 Å². The molecule has 1 aliphatic rings. The van der Waals surface area contributed by atoms with Gasteiger partial charge in [-0.3, -0.25) is 0 Å². The molecule has 0 radical (unpaired) electrons. The van der Waals surface area contributed by atoms with E-state index >= 15 is 0 Å². The van der Waals surface area contributed by atoms with Crippen LogP contribution in [-0.2, 0) is 10.2 Å². The van der Waals surface area contributed by atoms with Gasteiger partial charge in [-0.25, -0.2) is 0 Å². The summed E-state index contributed by atoms with van der Waals surface area (Å²) < 4.78 is 26.1. The van der Waals surface area contributed by atoms with Crippen molar-refractivity contribution in [3.63, 3.8) is 0 Å². The Labute approximate surface area is 78.1 Å². The minimum atomic E-state index is -3.26. The summed E-state index contributed by atoms with van der Waals surface area (Å²) in [5, 5.41) is 0.139. The molecule has 1 N–H and O–H groups in total. The van der Waals surface area contributed by atoms with E-state index in [1.807, 2.05) is 0 Å². The van der Waals surface area contributed by atoms with Crippen molar-refractivity contribution in [1.29, 1.82) is 0 Å². The van der Waals surface area contributed by atoms with Crippen molar-refractivity contribution >= 4 is 21.8 Å². The van der Waals surface area contributed by atoms with Crippen molar-refractivity contribution in [3.8, 4) is 0 Å².